The van der Waals surface area contributed by atoms with Gasteiger partial charge in [-0.1, -0.05) is 36.7 Å². The van der Waals surface area contributed by atoms with Crippen molar-refractivity contribution >= 4 is 11.6 Å². The molecule has 0 aliphatic carbocycles. The minimum absolute atomic E-state index is 0.139. The summed E-state index contributed by atoms with van der Waals surface area (Å²) in [5, 5.41) is 12.0. The summed E-state index contributed by atoms with van der Waals surface area (Å²) in [4.78, 5) is 0. The molecule has 114 valence electrons. The molecular formula is C15H20ClFN4. The molecule has 1 aromatic carbocycles. The quantitative estimate of drug-likeness (QED) is 0.850. The summed E-state index contributed by atoms with van der Waals surface area (Å²) in [5.41, 5.74) is 1.78. The van der Waals surface area contributed by atoms with Gasteiger partial charge in [0.05, 0.1) is 17.9 Å². The SMILES string of the molecule is CCCNC(c1ccc(F)cc1Cl)c1cnnn1CCC. The van der Waals surface area contributed by atoms with Crippen LogP contribution in [-0.2, 0) is 6.54 Å². The van der Waals surface area contributed by atoms with E-state index in [4.69, 9.17) is 11.6 Å². The number of aromatic nitrogens is 3. The van der Waals surface area contributed by atoms with Crippen molar-refractivity contribution in [2.45, 2.75) is 39.3 Å². The van der Waals surface area contributed by atoms with Gasteiger partial charge in [0.25, 0.3) is 0 Å². The van der Waals surface area contributed by atoms with E-state index in [0.29, 0.717) is 5.02 Å². The summed E-state index contributed by atoms with van der Waals surface area (Å²) in [6.07, 6.45) is 3.70. The van der Waals surface area contributed by atoms with Crippen molar-refractivity contribution in [1.82, 2.24) is 20.3 Å². The van der Waals surface area contributed by atoms with Crippen molar-refractivity contribution in [3.63, 3.8) is 0 Å². The van der Waals surface area contributed by atoms with Crippen LogP contribution in [0.2, 0.25) is 5.02 Å². The first-order chi connectivity index (χ1) is 10.2. The van der Waals surface area contributed by atoms with E-state index in [1.807, 2.05) is 4.68 Å². The molecule has 0 amide bonds. The minimum Gasteiger partial charge on any atom is -0.305 e. The molecule has 0 aliphatic heterocycles. The van der Waals surface area contributed by atoms with E-state index in [9.17, 15) is 4.39 Å². The van der Waals surface area contributed by atoms with Crippen LogP contribution in [0.25, 0.3) is 0 Å². The van der Waals surface area contributed by atoms with Crippen molar-refractivity contribution in [1.29, 1.82) is 0 Å². The predicted octanol–water partition coefficient (Wildman–Crippen LogP) is 3.57. The first kappa shape index (κ1) is 15.9. The summed E-state index contributed by atoms with van der Waals surface area (Å²) in [7, 11) is 0. The van der Waals surface area contributed by atoms with Gasteiger partial charge >= 0.3 is 0 Å². The van der Waals surface area contributed by atoms with E-state index in [-0.39, 0.29) is 11.9 Å². The summed E-state index contributed by atoms with van der Waals surface area (Å²) in [6, 6.07) is 4.34. The van der Waals surface area contributed by atoms with Crippen molar-refractivity contribution in [2.24, 2.45) is 0 Å². The maximum absolute atomic E-state index is 13.3. The molecule has 2 aromatic rings. The number of benzene rings is 1. The Bertz CT molecular complexity index is 585. The highest BCUT2D eigenvalue weighted by molar-refractivity contribution is 6.31. The molecule has 4 nitrogen and oxygen atoms in total. The second-order valence-electron chi connectivity index (χ2n) is 4.93. The average Bonchev–Trinajstić information content (AvgIpc) is 2.90. The molecular weight excluding hydrogens is 291 g/mol. The summed E-state index contributed by atoms with van der Waals surface area (Å²) in [6.45, 7) is 5.80. The Hall–Kier alpha value is -1.46. The Kier molecular flexibility index (Phi) is 5.70. The van der Waals surface area contributed by atoms with E-state index >= 15 is 0 Å². The Morgan fingerprint density at radius 3 is 2.81 bits per heavy atom. The number of nitrogens with zero attached hydrogens (tertiary/aromatic N) is 3. The Morgan fingerprint density at radius 1 is 1.33 bits per heavy atom. The zero-order valence-corrected chi connectivity index (χ0v) is 13.1. The number of rotatable bonds is 7. The van der Waals surface area contributed by atoms with Crippen LogP contribution in [0.1, 0.15) is 44.0 Å². The summed E-state index contributed by atoms with van der Waals surface area (Å²) < 4.78 is 15.1. The first-order valence-electron chi connectivity index (χ1n) is 7.24. The normalized spacial score (nSPS) is 12.6. The van der Waals surface area contributed by atoms with Crippen LogP contribution in [-0.4, -0.2) is 21.5 Å². The van der Waals surface area contributed by atoms with E-state index in [0.717, 1.165) is 37.2 Å². The zero-order valence-electron chi connectivity index (χ0n) is 12.3. The third-order valence-electron chi connectivity index (χ3n) is 3.25. The monoisotopic (exact) mass is 310 g/mol. The molecule has 21 heavy (non-hydrogen) atoms. The molecule has 0 aliphatic rings. The standard InChI is InChI=1S/C15H20ClFN4/c1-3-7-18-15(12-6-5-11(17)9-13(12)16)14-10-19-20-21(14)8-4-2/h5-6,9-10,15,18H,3-4,7-8H2,1-2H3. The van der Waals surface area contributed by atoms with Crippen LogP contribution in [0.15, 0.2) is 24.4 Å². The van der Waals surface area contributed by atoms with E-state index in [1.54, 1.807) is 12.3 Å². The number of halogens is 2. The number of hydrogen-bond donors (Lipinski definition) is 1. The first-order valence-corrected chi connectivity index (χ1v) is 7.61. The molecule has 0 radical (unpaired) electrons. The number of nitrogens with one attached hydrogen (secondary N) is 1. The summed E-state index contributed by atoms with van der Waals surface area (Å²) >= 11 is 6.22. The van der Waals surface area contributed by atoms with E-state index in [1.165, 1.54) is 12.1 Å². The molecule has 0 spiro atoms. The van der Waals surface area contributed by atoms with Gasteiger partial charge in [-0.3, -0.25) is 0 Å². The molecule has 2 rings (SSSR count). The highest BCUT2D eigenvalue weighted by Crippen LogP contribution is 2.28. The van der Waals surface area contributed by atoms with Gasteiger partial charge in [0, 0.05) is 11.6 Å². The smallest absolute Gasteiger partial charge is 0.124 e. The van der Waals surface area contributed by atoms with Crippen molar-refractivity contribution in [3.05, 3.63) is 46.5 Å². The third-order valence-corrected chi connectivity index (χ3v) is 3.58. The molecule has 0 bridgehead atoms. The lowest BCUT2D eigenvalue weighted by atomic mass is 10.0. The highest BCUT2D eigenvalue weighted by atomic mass is 35.5. The molecule has 1 heterocycles. The molecule has 1 unspecified atom stereocenters. The molecule has 0 fully saturated rings. The number of aryl methyl sites for hydroxylation is 1. The third kappa shape index (κ3) is 3.80. The van der Waals surface area contributed by atoms with Gasteiger partial charge in [-0.05, 0) is 37.1 Å². The topological polar surface area (TPSA) is 42.7 Å². The zero-order chi connectivity index (χ0) is 15.2. The molecule has 0 saturated carbocycles. The van der Waals surface area contributed by atoms with Gasteiger partial charge in [0.15, 0.2) is 0 Å². The second kappa shape index (κ2) is 7.52. The molecule has 1 N–H and O–H groups in total. The Balaban J connectivity index is 2.39. The summed E-state index contributed by atoms with van der Waals surface area (Å²) in [5.74, 6) is -0.335. The second-order valence-corrected chi connectivity index (χ2v) is 5.34. The van der Waals surface area contributed by atoms with Crippen LogP contribution in [0.3, 0.4) is 0 Å². The van der Waals surface area contributed by atoms with Gasteiger partial charge in [-0.2, -0.15) is 0 Å². The molecule has 0 saturated heterocycles. The molecule has 1 aromatic heterocycles. The highest BCUT2D eigenvalue weighted by Gasteiger charge is 2.21. The van der Waals surface area contributed by atoms with Crippen LogP contribution >= 0.6 is 11.6 Å². The van der Waals surface area contributed by atoms with Gasteiger partial charge in [-0.25, -0.2) is 9.07 Å². The van der Waals surface area contributed by atoms with Crippen LogP contribution in [0, 0.1) is 5.82 Å². The predicted molar refractivity (Wildman–Crippen MR) is 81.9 cm³/mol. The van der Waals surface area contributed by atoms with Gasteiger partial charge < -0.3 is 5.32 Å². The van der Waals surface area contributed by atoms with E-state index in [2.05, 4.69) is 29.5 Å². The maximum atomic E-state index is 13.3. The van der Waals surface area contributed by atoms with Gasteiger partial charge in [-0.15, -0.1) is 5.10 Å². The lowest BCUT2D eigenvalue weighted by Gasteiger charge is -2.20. The molecule has 1 atom stereocenters. The Labute approximate surface area is 129 Å². The fraction of sp³-hybridized carbons (Fsp3) is 0.467. The van der Waals surface area contributed by atoms with Gasteiger partial charge in [0.1, 0.15) is 5.82 Å². The van der Waals surface area contributed by atoms with Gasteiger partial charge in [0.2, 0.25) is 0 Å². The lowest BCUT2D eigenvalue weighted by molar-refractivity contribution is 0.504. The minimum atomic E-state index is -0.335. The van der Waals surface area contributed by atoms with Crippen LogP contribution in [0.4, 0.5) is 4.39 Å². The average molecular weight is 311 g/mol. The van der Waals surface area contributed by atoms with Crippen LogP contribution in [0.5, 0.6) is 0 Å². The molecule has 6 heteroatoms. The fourth-order valence-corrected chi connectivity index (χ4v) is 2.55. The van der Waals surface area contributed by atoms with Crippen molar-refractivity contribution < 1.29 is 4.39 Å². The lowest BCUT2D eigenvalue weighted by Crippen LogP contribution is -2.26. The van der Waals surface area contributed by atoms with Crippen molar-refractivity contribution in [3.8, 4) is 0 Å². The fourth-order valence-electron chi connectivity index (χ4n) is 2.27. The largest absolute Gasteiger partial charge is 0.305 e. The van der Waals surface area contributed by atoms with Crippen LogP contribution < -0.4 is 5.32 Å². The Morgan fingerprint density at radius 2 is 2.14 bits per heavy atom. The number of hydrogen-bond acceptors (Lipinski definition) is 3. The maximum Gasteiger partial charge on any atom is 0.124 e. The van der Waals surface area contributed by atoms with Crippen molar-refractivity contribution in [2.75, 3.05) is 6.54 Å². The van der Waals surface area contributed by atoms with E-state index < -0.39 is 0 Å².